The fourth-order valence-corrected chi connectivity index (χ4v) is 2.04. The first-order valence-corrected chi connectivity index (χ1v) is 5.38. The number of nitrogens with one attached hydrogen (secondary N) is 1. The Morgan fingerprint density at radius 3 is 2.38 bits per heavy atom. The first-order chi connectivity index (χ1) is 7.78. The summed E-state index contributed by atoms with van der Waals surface area (Å²) in [6.07, 6.45) is 0. The number of anilines is 1. The van der Waals surface area contributed by atoms with E-state index in [0.29, 0.717) is 0 Å². The first kappa shape index (κ1) is 9.28. The summed E-state index contributed by atoms with van der Waals surface area (Å²) < 4.78 is 5.84. The molecule has 2 nitrogen and oxygen atoms in total. The molecule has 0 atom stereocenters. The van der Waals surface area contributed by atoms with Gasteiger partial charge in [0.2, 0.25) is 0 Å². The molecule has 2 heteroatoms. The molecule has 2 aromatic carbocycles. The van der Waals surface area contributed by atoms with Crippen molar-refractivity contribution in [3.8, 4) is 0 Å². The fourth-order valence-electron chi connectivity index (χ4n) is 2.04. The quantitative estimate of drug-likeness (QED) is 0.659. The van der Waals surface area contributed by atoms with Gasteiger partial charge in [-0.25, -0.2) is 0 Å². The molecule has 0 unspecified atom stereocenters. The van der Waals surface area contributed by atoms with Gasteiger partial charge in [-0.05, 0) is 30.7 Å². The normalized spacial score (nSPS) is 11.1. The third-order valence-electron chi connectivity index (χ3n) is 2.92. The van der Waals surface area contributed by atoms with Crippen molar-refractivity contribution in [2.24, 2.45) is 0 Å². The molecule has 0 bridgehead atoms. The van der Waals surface area contributed by atoms with Crippen molar-refractivity contribution in [2.75, 3.05) is 12.4 Å². The summed E-state index contributed by atoms with van der Waals surface area (Å²) in [7, 11) is 1.91. The van der Waals surface area contributed by atoms with Crippen LogP contribution >= 0.6 is 0 Å². The van der Waals surface area contributed by atoms with Gasteiger partial charge in [0.1, 0.15) is 11.2 Å². The molecule has 80 valence electrons. The molecule has 1 N–H and O–H groups in total. The van der Waals surface area contributed by atoms with Gasteiger partial charge in [-0.3, -0.25) is 0 Å². The predicted octanol–water partition coefficient (Wildman–Crippen LogP) is 3.94. The Morgan fingerprint density at radius 1 is 0.938 bits per heavy atom. The topological polar surface area (TPSA) is 25.2 Å². The molecule has 3 aromatic rings. The molecular formula is C14H13NO. The molecule has 0 saturated carbocycles. The number of hydrogen-bond acceptors (Lipinski definition) is 2. The van der Waals surface area contributed by atoms with E-state index in [1.54, 1.807) is 0 Å². The van der Waals surface area contributed by atoms with Crippen LogP contribution in [0.5, 0.6) is 0 Å². The largest absolute Gasteiger partial charge is 0.456 e. The van der Waals surface area contributed by atoms with Crippen molar-refractivity contribution >= 4 is 27.6 Å². The number of furan rings is 1. The van der Waals surface area contributed by atoms with Crippen LogP contribution in [0.3, 0.4) is 0 Å². The van der Waals surface area contributed by atoms with E-state index in [1.807, 2.05) is 13.1 Å². The summed E-state index contributed by atoms with van der Waals surface area (Å²) >= 11 is 0. The monoisotopic (exact) mass is 211 g/mol. The Balaban J connectivity index is 2.40. The van der Waals surface area contributed by atoms with Crippen LogP contribution < -0.4 is 5.32 Å². The molecule has 3 rings (SSSR count). The van der Waals surface area contributed by atoms with E-state index in [2.05, 4.69) is 42.6 Å². The Kier molecular flexibility index (Phi) is 1.90. The highest BCUT2D eigenvalue weighted by Gasteiger charge is 2.06. The predicted molar refractivity (Wildman–Crippen MR) is 68.0 cm³/mol. The maximum absolute atomic E-state index is 5.84. The van der Waals surface area contributed by atoms with Crippen LogP contribution in [0.25, 0.3) is 21.9 Å². The van der Waals surface area contributed by atoms with Gasteiger partial charge in [-0.15, -0.1) is 0 Å². The van der Waals surface area contributed by atoms with E-state index in [9.17, 15) is 0 Å². The molecule has 1 heterocycles. The number of benzene rings is 2. The maximum Gasteiger partial charge on any atom is 0.137 e. The van der Waals surface area contributed by atoms with E-state index >= 15 is 0 Å². The van der Waals surface area contributed by atoms with Gasteiger partial charge < -0.3 is 9.73 Å². The maximum atomic E-state index is 5.84. The van der Waals surface area contributed by atoms with Gasteiger partial charge in [-0.1, -0.05) is 12.1 Å². The van der Waals surface area contributed by atoms with Gasteiger partial charge in [0.05, 0.1) is 0 Å². The van der Waals surface area contributed by atoms with Crippen LogP contribution in [0.4, 0.5) is 5.69 Å². The summed E-state index contributed by atoms with van der Waals surface area (Å²) in [5.41, 5.74) is 4.19. The molecule has 0 radical (unpaired) electrons. The van der Waals surface area contributed by atoms with Crippen molar-refractivity contribution in [1.29, 1.82) is 0 Å². The molecule has 0 saturated heterocycles. The highest BCUT2D eigenvalue weighted by atomic mass is 16.3. The SMILES string of the molecule is CNc1ccc2c(c1)oc1cc(C)ccc12. The zero-order valence-corrected chi connectivity index (χ0v) is 9.37. The van der Waals surface area contributed by atoms with E-state index in [0.717, 1.165) is 16.9 Å². The molecule has 1 aromatic heterocycles. The van der Waals surface area contributed by atoms with Gasteiger partial charge in [0.25, 0.3) is 0 Å². The molecule has 0 fully saturated rings. The second kappa shape index (κ2) is 3.27. The summed E-state index contributed by atoms with van der Waals surface area (Å²) in [6, 6.07) is 12.5. The van der Waals surface area contributed by atoms with E-state index < -0.39 is 0 Å². The molecule has 0 aliphatic carbocycles. The summed E-state index contributed by atoms with van der Waals surface area (Å²) in [5.74, 6) is 0. The second-order valence-electron chi connectivity index (χ2n) is 4.06. The average Bonchev–Trinajstić information content (AvgIpc) is 2.64. The van der Waals surface area contributed by atoms with Crippen molar-refractivity contribution < 1.29 is 4.42 Å². The lowest BCUT2D eigenvalue weighted by atomic mass is 10.1. The zero-order valence-electron chi connectivity index (χ0n) is 9.37. The van der Waals surface area contributed by atoms with E-state index in [-0.39, 0.29) is 0 Å². The van der Waals surface area contributed by atoms with Gasteiger partial charge in [0.15, 0.2) is 0 Å². The van der Waals surface area contributed by atoms with Crippen LogP contribution in [-0.2, 0) is 0 Å². The Hall–Kier alpha value is -1.96. The minimum atomic E-state index is 0.937. The molecule has 0 amide bonds. The Morgan fingerprint density at radius 2 is 1.62 bits per heavy atom. The molecule has 0 spiro atoms. The van der Waals surface area contributed by atoms with Gasteiger partial charge in [-0.2, -0.15) is 0 Å². The fraction of sp³-hybridized carbons (Fsp3) is 0.143. The van der Waals surface area contributed by atoms with Gasteiger partial charge in [0, 0.05) is 29.6 Å². The summed E-state index contributed by atoms with van der Waals surface area (Å²) in [5, 5.41) is 5.47. The average molecular weight is 211 g/mol. The second-order valence-corrected chi connectivity index (χ2v) is 4.06. The third-order valence-corrected chi connectivity index (χ3v) is 2.92. The molecular weight excluding hydrogens is 198 g/mol. The van der Waals surface area contributed by atoms with Crippen LogP contribution in [0.2, 0.25) is 0 Å². The highest BCUT2D eigenvalue weighted by Crippen LogP contribution is 2.30. The lowest BCUT2D eigenvalue weighted by molar-refractivity contribution is 0.668. The minimum absolute atomic E-state index is 0.937. The van der Waals surface area contributed by atoms with Crippen molar-refractivity contribution in [3.63, 3.8) is 0 Å². The first-order valence-electron chi connectivity index (χ1n) is 5.38. The minimum Gasteiger partial charge on any atom is -0.456 e. The van der Waals surface area contributed by atoms with Crippen molar-refractivity contribution in [3.05, 3.63) is 42.0 Å². The van der Waals surface area contributed by atoms with Crippen LogP contribution in [0.1, 0.15) is 5.56 Å². The standard InChI is InChI=1S/C14H13NO/c1-9-3-5-11-12-6-4-10(15-2)8-14(12)16-13(11)7-9/h3-8,15H,1-2H3. The number of hydrogen-bond donors (Lipinski definition) is 1. The Labute approximate surface area is 93.9 Å². The Bertz CT molecular complexity index is 667. The molecule has 0 aliphatic heterocycles. The zero-order chi connectivity index (χ0) is 11.1. The highest BCUT2D eigenvalue weighted by molar-refractivity contribution is 6.05. The smallest absolute Gasteiger partial charge is 0.137 e. The van der Waals surface area contributed by atoms with Crippen LogP contribution in [-0.4, -0.2) is 7.05 Å². The third kappa shape index (κ3) is 1.27. The lowest BCUT2D eigenvalue weighted by Crippen LogP contribution is -1.85. The van der Waals surface area contributed by atoms with Crippen molar-refractivity contribution in [2.45, 2.75) is 6.92 Å². The number of fused-ring (bicyclic) bond motifs is 3. The number of aryl methyl sites for hydroxylation is 1. The van der Waals surface area contributed by atoms with Crippen LogP contribution in [0, 0.1) is 6.92 Å². The molecule has 16 heavy (non-hydrogen) atoms. The lowest BCUT2D eigenvalue weighted by Gasteiger charge is -1.97. The number of rotatable bonds is 1. The molecule has 0 aliphatic rings. The van der Waals surface area contributed by atoms with E-state index in [4.69, 9.17) is 4.42 Å². The van der Waals surface area contributed by atoms with Crippen molar-refractivity contribution in [1.82, 2.24) is 0 Å². The van der Waals surface area contributed by atoms with Gasteiger partial charge >= 0.3 is 0 Å². The van der Waals surface area contributed by atoms with Crippen LogP contribution in [0.15, 0.2) is 40.8 Å². The summed E-state index contributed by atoms with van der Waals surface area (Å²) in [6.45, 7) is 2.08. The van der Waals surface area contributed by atoms with E-state index in [1.165, 1.54) is 16.3 Å². The summed E-state index contributed by atoms with van der Waals surface area (Å²) in [4.78, 5) is 0.